The molecule has 0 spiro atoms. The van der Waals surface area contributed by atoms with E-state index in [9.17, 15) is 23.9 Å². The minimum atomic E-state index is -1.90. The number of rotatable bonds is 11. The zero-order valence-corrected chi connectivity index (χ0v) is 24.9. The lowest BCUT2D eigenvalue weighted by molar-refractivity contribution is -0.146. The van der Waals surface area contributed by atoms with Gasteiger partial charge in [-0.3, -0.25) is 9.36 Å². The molecule has 1 N–H and O–H groups in total. The Morgan fingerprint density at radius 2 is 2.05 bits per heavy atom. The van der Waals surface area contributed by atoms with E-state index in [-0.39, 0.29) is 22.9 Å². The molecule has 3 heterocycles. The molecule has 0 saturated carbocycles. The van der Waals surface area contributed by atoms with E-state index in [0.29, 0.717) is 47.9 Å². The van der Waals surface area contributed by atoms with Crippen molar-refractivity contribution in [1.82, 2.24) is 9.13 Å². The number of ether oxygens (including phenoxy) is 3. The molecule has 2 aromatic heterocycles. The quantitative estimate of drug-likeness (QED) is 0.258. The molecule has 4 rings (SSSR count). The van der Waals surface area contributed by atoms with E-state index >= 15 is 0 Å². The van der Waals surface area contributed by atoms with Gasteiger partial charge in [0.05, 0.1) is 25.1 Å². The fourth-order valence-electron chi connectivity index (χ4n) is 4.92. The molecule has 0 amide bonds. The standard InChI is InChI=1S/C28H34FN5O7S/c1-7-31-34(30-5)24-16(2)22-23(35)33(28(3,4)26(36)37)27(38)32(25(22)42-24)15-21(41-18-10-12-40-13-11-18)19-14-17(29)8-9-20(19)39-6/h7-9,14,18,21H,5,10-13,15H2,1-4,6H3,(H,36,37)/b31-7-/t21-/m0/s1. The number of carbonyl (C=O) groups is 1. The summed E-state index contributed by atoms with van der Waals surface area (Å²) in [6.07, 6.45) is 1.49. The number of aliphatic carboxylic acids is 1. The molecule has 1 saturated heterocycles. The summed E-state index contributed by atoms with van der Waals surface area (Å²) in [5, 5.41) is 19.9. The van der Waals surface area contributed by atoms with Crippen molar-refractivity contribution < 1.29 is 28.5 Å². The number of carboxylic acids is 1. The third-order valence-electron chi connectivity index (χ3n) is 7.22. The number of thiophene rings is 1. The maximum atomic E-state index is 14.6. The van der Waals surface area contributed by atoms with Crippen molar-refractivity contribution in [2.45, 2.75) is 64.8 Å². The van der Waals surface area contributed by atoms with E-state index in [1.807, 2.05) is 0 Å². The van der Waals surface area contributed by atoms with Crippen LogP contribution in [0.1, 0.15) is 50.8 Å². The first-order chi connectivity index (χ1) is 20.0. The molecule has 1 fully saturated rings. The topological polar surface area (TPSA) is 137 Å². The van der Waals surface area contributed by atoms with Gasteiger partial charge in [-0.05, 0) is 58.7 Å². The molecule has 226 valence electrons. The van der Waals surface area contributed by atoms with E-state index in [1.54, 1.807) is 13.8 Å². The SMILES string of the molecule is C=NN(/N=C\C)c1sc2c(c1C)c(=O)n(C(C)(C)C(=O)O)c(=O)n2C[C@H](OC1CCOCC1)c1cc(F)ccc1OC. The molecule has 0 aliphatic carbocycles. The first-order valence-electron chi connectivity index (χ1n) is 13.3. The molecular formula is C28H34FN5O7S. The average molecular weight is 604 g/mol. The summed E-state index contributed by atoms with van der Waals surface area (Å²) in [6, 6.07) is 4.02. The summed E-state index contributed by atoms with van der Waals surface area (Å²) in [5.74, 6) is -1.55. The van der Waals surface area contributed by atoms with Gasteiger partial charge in [-0.15, -0.1) is 5.12 Å². The molecule has 14 heteroatoms. The van der Waals surface area contributed by atoms with Crippen molar-refractivity contribution in [1.29, 1.82) is 0 Å². The first kappa shape index (κ1) is 31.1. The number of hydrogen-bond donors (Lipinski definition) is 1. The molecule has 12 nitrogen and oxygen atoms in total. The van der Waals surface area contributed by atoms with E-state index in [0.717, 1.165) is 15.9 Å². The minimum Gasteiger partial charge on any atom is -0.496 e. The van der Waals surface area contributed by atoms with Gasteiger partial charge >= 0.3 is 11.7 Å². The second-order valence-corrected chi connectivity index (χ2v) is 11.2. The Morgan fingerprint density at radius 3 is 2.64 bits per heavy atom. The molecule has 0 radical (unpaired) electrons. The van der Waals surface area contributed by atoms with Crippen LogP contribution >= 0.6 is 11.3 Å². The van der Waals surface area contributed by atoms with Crippen LogP contribution in [-0.4, -0.2) is 59.6 Å². The highest BCUT2D eigenvalue weighted by Crippen LogP contribution is 2.38. The second kappa shape index (κ2) is 12.5. The van der Waals surface area contributed by atoms with Gasteiger partial charge < -0.3 is 19.3 Å². The zero-order valence-electron chi connectivity index (χ0n) is 24.1. The predicted molar refractivity (Wildman–Crippen MR) is 159 cm³/mol. The Morgan fingerprint density at radius 1 is 1.36 bits per heavy atom. The van der Waals surface area contributed by atoms with Crippen LogP contribution in [0.15, 0.2) is 38.0 Å². The van der Waals surface area contributed by atoms with Crippen molar-refractivity contribution in [3.63, 3.8) is 0 Å². The Balaban J connectivity index is 2.03. The van der Waals surface area contributed by atoms with Gasteiger partial charge in [0, 0.05) is 37.3 Å². The minimum absolute atomic E-state index is 0.125. The van der Waals surface area contributed by atoms with Gasteiger partial charge in [0.2, 0.25) is 0 Å². The van der Waals surface area contributed by atoms with E-state index in [4.69, 9.17) is 14.2 Å². The van der Waals surface area contributed by atoms with E-state index < -0.39 is 34.7 Å². The van der Waals surface area contributed by atoms with Crippen LogP contribution in [0.25, 0.3) is 10.2 Å². The maximum absolute atomic E-state index is 14.6. The summed E-state index contributed by atoms with van der Waals surface area (Å²) in [6.45, 7) is 10.2. The van der Waals surface area contributed by atoms with Gasteiger partial charge in [0.25, 0.3) is 5.56 Å². The highest BCUT2D eigenvalue weighted by molar-refractivity contribution is 7.22. The lowest BCUT2D eigenvalue weighted by Gasteiger charge is -2.30. The molecule has 42 heavy (non-hydrogen) atoms. The Bertz CT molecular complexity index is 1640. The van der Waals surface area contributed by atoms with Crippen LogP contribution in [0.5, 0.6) is 5.75 Å². The van der Waals surface area contributed by atoms with E-state index in [2.05, 4.69) is 16.9 Å². The number of hydrogen-bond acceptors (Lipinski definition) is 10. The van der Waals surface area contributed by atoms with Gasteiger partial charge in [0.1, 0.15) is 33.0 Å². The van der Waals surface area contributed by atoms with Gasteiger partial charge in [-0.1, -0.05) is 11.3 Å². The fraction of sp³-hybridized carbons (Fsp3) is 0.464. The number of methoxy groups -OCH3 is 1. The number of carboxylic acid groups (broad SMARTS) is 1. The van der Waals surface area contributed by atoms with Crippen LogP contribution in [0.3, 0.4) is 0 Å². The fourth-order valence-corrected chi connectivity index (χ4v) is 6.15. The highest BCUT2D eigenvalue weighted by Gasteiger charge is 2.36. The van der Waals surface area contributed by atoms with Crippen LogP contribution < -0.4 is 21.1 Å². The molecule has 0 bridgehead atoms. The Kier molecular flexibility index (Phi) is 9.28. The lowest BCUT2D eigenvalue weighted by Crippen LogP contribution is -2.52. The number of halogens is 1. The van der Waals surface area contributed by atoms with E-state index in [1.165, 1.54) is 55.1 Å². The number of nitrogens with zero attached hydrogens (tertiary/aromatic N) is 5. The smallest absolute Gasteiger partial charge is 0.333 e. The number of aryl methyl sites for hydroxylation is 1. The van der Waals surface area contributed by atoms with Crippen molar-refractivity contribution in [3.05, 3.63) is 56.0 Å². The molecule has 1 aliphatic rings. The number of aromatic nitrogens is 2. The first-order valence-corrected chi connectivity index (χ1v) is 14.1. The zero-order chi connectivity index (χ0) is 30.8. The van der Waals surface area contributed by atoms with Crippen LogP contribution in [0.2, 0.25) is 0 Å². The maximum Gasteiger partial charge on any atom is 0.333 e. The van der Waals surface area contributed by atoms with Crippen molar-refractivity contribution >= 4 is 45.5 Å². The van der Waals surface area contributed by atoms with Crippen LogP contribution in [0, 0.1) is 12.7 Å². The van der Waals surface area contributed by atoms with Crippen LogP contribution in [0.4, 0.5) is 9.39 Å². The van der Waals surface area contributed by atoms with Gasteiger partial charge in [0.15, 0.2) is 0 Å². The summed E-state index contributed by atoms with van der Waals surface area (Å²) in [4.78, 5) is 40.5. The number of hydrazone groups is 2. The molecule has 1 atom stereocenters. The predicted octanol–water partition coefficient (Wildman–Crippen LogP) is 3.87. The van der Waals surface area contributed by atoms with Crippen molar-refractivity contribution in [2.75, 3.05) is 25.4 Å². The highest BCUT2D eigenvalue weighted by atomic mass is 32.1. The summed E-state index contributed by atoms with van der Waals surface area (Å²) in [5.41, 5.74) is -2.73. The van der Waals surface area contributed by atoms with Crippen molar-refractivity contribution in [3.8, 4) is 5.75 Å². The largest absolute Gasteiger partial charge is 0.496 e. The van der Waals surface area contributed by atoms with Crippen LogP contribution in [-0.2, 0) is 26.4 Å². The molecule has 0 unspecified atom stereocenters. The lowest BCUT2D eigenvalue weighted by atomic mass is 10.0. The number of benzene rings is 1. The Hall–Kier alpha value is -3.88. The summed E-state index contributed by atoms with van der Waals surface area (Å²) >= 11 is 1.08. The average Bonchev–Trinajstić information content (AvgIpc) is 3.30. The van der Waals surface area contributed by atoms with Gasteiger partial charge in [-0.25, -0.2) is 18.5 Å². The van der Waals surface area contributed by atoms with Crippen molar-refractivity contribution in [2.24, 2.45) is 10.2 Å². The normalized spacial score (nSPS) is 15.3. The molecule has 1 aromatic carbocycles. The third kappa shape index (κ3) is 5.74. The molecular weight excluding hydrogens is 569 g/mol. The second-order valence-electron chi connectivity index (χ2n) is 10.2. The summed E-state index contributed by atoms with van der Waals surface area (Å²) < 4.78 is 34.1. The molecule has 1 aliphatic heterocycles. The molecule has 3 aromatic rings. The van der Waals surface area contributed by atoms with Gasteiger partial charge in [-0.2, -0.15) is 10.2 Å². The Labute approximate surface area is 245 Å². The monoisotopic (exact) mass is 603 g/mol. The third-order valence-corrected chi connectivity index (χ3v) is 8.50. The number of anilines is 1. The number of fused-ring (bicyclic) bond motifs is 1. The summed E-state index contributed by atoms with van der Waals surface area (Å²) in [7, 11) is 1.45.